The Morgan fingerprint density at radius 3 is 2.29 bits per heavy atom. The quantitative estimate of drug-likeness (QED) is 0.723. The smallest absolute Gasteiger partial charge is 0.308 e. The van der Waals surface area contributed by atoms with Gasteiger partial charge in [-0.15, -0.1) is 12.4 Å². The predicted octanol–water partition coefficient (Wildman–Crippen LogP) is 1.73. The van der Waals surface area contributed by atoms with Crippen molar-refractivity contribution >= 4 is 18.4 Å². The lowest BCUT2D eigenvalue weighted by Gasteiger charge is -2.29. The van der Waals surface area contributed by atoms with Crippen LogP contribution in [-0.2, 0) is 9.53 Å². The molecule has 0 aromatic rings. The molecule has 0 aromatic carbocycles. The van der Waals surface area contributed by atoms with Crippen LogP contribution < -0.4 is 5.73 Å². The summed E-state index contributed by atoms with van der Waals surface area (Å²) in [5.41, 5.74) is 5.79. The van der Waals surface area contributed by atoms with E-state index in [1.807, 2.05) is 6.92 Å². The highest BCUT2D eigenvalue weighted by Gasteiger charge is 2.28. The third kappa shape index (κ3) is 3.46. The van der Waals surface area contributed by atoms with Gasteiger partial charge in [0.15, 0.2) is 0 Å². The molecular formula is C10H20ClNO2. The molecule has 0 saturated heterocycles. The topological polar surface area (TPSA) is 52.3 Å². The summed E-state index contributed by atoms with van der Waals surface area (Å²) < 4.78 is 4.72. The average Bonchev–Trinajstić information content (AvgIpc) is 2.17. The fourth-order valence-corrected chi connectivity index (χ4v) is 2.02. The van der Waals surface area contributed by atoms with Gasteiger partial charge in [-0.2, -0.15) is 0 Å². The Morgan fingerprint density at radius 1 is 1.36 bits per heavy atom. The molecule has 0 aliphatic heterocycles. The van der Waals surface area contributed by atoms with Crippen molar-refractivity contribution in [2.24, 2.45) is 17.6 Å². The third-order valence-corrected chi connectivity index (χ3v) is 3.10. The van der Waals surface area contributed by atoms with Gasteiger partial charge in [-0.1, -0.05) is 6.92 Å². The van der Waals surface area contributed by atoms with Gasteiger partial charge in [0.05, 0.1) is 13.0 Å². The minimum atomic E-state index is -0.0829. The van der Waals surface area contributed by atoms with Crippen LogP contribution in [0.2, 0.25) is 0 Å². The van der Waals surface area contributed by atoms with E-state index in [1.54, 1.807) is 0 Å². The van der Waals surface area contributed by atoms with E-state index in [1.165, 1.54) is 7.11 Å². The summed E-state index contributed by atoms with van der Waals surface area (Å²) in [5.74, 6) is 0.435. The maximum Gasteiger partial charge on any atom is 0.308 e. The molecule has 1 saturated carbocycles. The van der Waals surface area contributed by atoms with Gasteiger partial charge in [-0.3, -0.25) is 4.79 Å². The van der Waals surface area contributed by atoms with Crippen molar-refractivity contribution in [3.63, 3.8) is 0 Å². The minimum absolute atomic E-state index is 0. The van der Waals surface area contributed by atoms with E-state index in [-0.39, 0.29) is 24.3 Å². The lowest BCUT2D eigenvalue weighted by atomic mass is 9.79. The predicted molar refractivity (Wildman–Crippen MR) is 58.4 cm³/mol. The number of hydrogen-bond acceptors (Lipinski definition) is 3. The van der Waals surface area contributed by atoms with Crippen LogP contribution in [0.3, 0.4) is 0 Å². The monoisotopic (exact) mass is 221 g/mol. The highest BCUT2D eigenvalue weighted by atomic mass is 35.5. The van der Waals surface area contributed by atoms with Crippen LogP contribution in [0.1, 0.15) is 32.6 Å². The first kappa shape index (κ1) is 13.7. The lowest BCUT2D eigenvalue weighted by molar-refractivity contribution is -0.147. The Bertz CT molecular complexity index is 179. The molecular weight excluding hydrogens is 202 g/mol. The fraction of sp³-hybridized carbons (Fsp3) is 0.900. The summed E-state index contributed by atoms with van der Waals surface area (Å²) in [4.78, 5) is 11.2. The molecule has 1 fully saturated rings. The number of hydrogen-bond donors (Lipinski definition) is 1. The fourth-order valence-electron chi connectivity index (χ4n) is 2.02. The summed E-state index contributed by atoms with van der Waals surface area (Å²) in [6.07, 6.45) is 4.23. The summed E-state index contributed by atoms with van der Waals surface area (Å²) in [6, 6.07) is 0.348. The van der Waals surface area contributed by atoms with Gasteiger partial charge in [0, 0.05) is 6.04 Å². The van der Waals surface area contributed by atoms with E-state index in [2.05, 4.69) is 0 Å². The molecule has 1 atom stereocenters. The minimum Gasteiger partial charge on any atom is -0.469 e. The van der Waals surface area contributed by atoms with E-state index in [0.717, 1.165) is 25.7 Å². The molecule has 0 bridgehead atoms. The molecule has 2 N–H and O–H groups in total. The van der Waals surface area contributed by atoms with Crippen LogP contribution in [0.4, 0.5) is 0 Å². The largest absolute Gasteiger partial charge is 0.469 e. The summed E-state index contributed by atoms with van der Waals surface area (Å²) in [5, 5.41) is 0. The van der Waals surface area contributed by atoms with Gasteiger partial charge in [-0.05, 0) is 31.6 Å². The number of halogens is 1. The summed E-state index contributed by atoms with van der Waals surface area (Å²) >= 11 is 0. The Kier molecular flexibility index (Phi) is 6.12. The first-order chi connectivity index (χ1) is 6.15. The van der Waals surface area contributed by atoms with Crippen LogP contribution in [-0.4, -0.2) is 19.1 Å². The molecule has 1 aliphatic rings. The number of ether oxygens (including phenoxy) is 1. The van der Waals surface area contributed by atoms with Crippen LogP contribution in [0.5, 0.6) is 0 Å². The molecule has 1 aliphatic carbocycles. The van der Waals surface area contributed by atoms with Crippen molar-refractivity contribution in [3.8, 4) is 0 Å². The van der Waals surface area contributed by atoms with Gasteiger partial charge in [-0.25, -0.2) is 0 Å². The van der Waals surface area contributed by atoms with Gasteiger partial charge < -0.3 is 10.5 Å². The maximum absolute atomic E-state index is 11.2. The number of rotatable bonds is 2. The van der Waals surface area contributed by atoms with Crippen LogP contribution in [0.25, 0.3) is 0 Å². The molecule has 0 radical (unpaired) electrons. The molecule has 1 rings (SSSR count). The number of methoxy groups -OCH3 is 1. The summed E-state index contributed by atoms with van der Waals surface area (Å²) in [7, 11) is 1.45. The zero-order chi connectivity index (χ0) is 9.84. The van der Waals surface area contributed by atoms with Crippen molar-refractivity contribution in [2.75, 3.05) is 7.11 Å². The molecule has 0 amide bonds. The van der Waals surface area contributed by atoms with Gasteiger partial charge >= 0.3 is 5.97 Å². The second-order valence-electron chi connectivity index (χ2n) is 3.99. The SMILES string of the molecule is COC(=O)C(C)C1CCC(N)CC1.Cl. The van der Waals surface area contributed by atoms with Crippen LogP contribution in [0, 0.1) is 11.8 Å². The molecule has 0 heterocycles. The van der Waals surface area contributed by atoms with E-state index in [0.29, 0.717) is 12.0 Å². The summed E-state index contributed by atoms with van der Waals surface area (Å²) in [6.45, 7) is 1.95. The first-order valence-electron chi connectivity index (χ1n) is 4.98. The second kappa shape index (κ2) is 6.25. The zero-order valence-corrected chi connectivity index (χ0v) is 9.68. The highest BCUT2D eigenvalue weighted by Crippen LogP contribution is 2.29. The van der Waals surface area contributed by atoms with E-state index in [9.17, 15) is 4.79 Å². The molecule has 4 heteroatoms. The van der Waals surface area contributed by atoms with Crippen molar-refractivity contribution in [2.45, 2.75) is 38.6 Å². The molecule has 0 spiro atoms. The van der Waals surface area contributed by atoms with E-state index in [4.69, 9.17) is 10.5 Å². The van der Waals surface area contributed by atoms with Crippen molar-refractivity contribution in [3.05, 3.63) is 0 Å². The number of carbonyl (C=O) groups is 1. The maximum atomic E-state index is 11.2. The molecule has 3 nitrogen and oxygen atoms in total. The number of esters is 1. The molecule has 84 valence electrons. The molecule has 14 heavy (non-hydrogen) atoms. The number of nitrogens with two attached hydrogens (primary N) is 1. The Morgan fingerprint density at radius 2 is 1.86 bits per heavy atom. The second-order valence-corrected chi connectivity index (χ2v) is 3.99. The Balaban J connectivity index is 0.00000169. The van der Waals surface area contributed by atoms with Gasteiger partial charge in [0.25, 0.3) is 0 Å². The van der Waals surface area contributed by atoms with Crippen molar-refractivity contribution in [1.29, 1.82) is 0 Å². The standard InChI is InChI=1S/C10H19NO2.ClH/c1-7(10(12)13-2)8-3-5-9(11)6-4-8;/h7-9H,3-6,11H2,1-2H3;1H. The third-order valence-electron chi connectivity index (χ3n) is 3.10. The van der Waals surface area contributed by atoms with Crippen molar-refractivity contribution < 1.29 is 9.53 Å². The lowest BCUT2D eigenvalue weighted by Crippen LogP contribution is -2.31. The average molecular weight is 222 g/mol. The highest BCUT2D eigenvalue weighted by molar-refractivity contribution is 5.85. The first-order valence-corrected chi connectivity index (χ1v) is 4.98. The van der Waals surface area contributed by atoms with E-state index < -0.39 is 0 Å². The van der Waals surface area contributed by atoms with Crippen LogP contribution in [0.15, 0.2) is 0 Å². The molecule has 1 unspecified atom stereocenters. The van der Waals surface area contributed by atoms with Crippen molar-refractivity contribution in [1.82, 2.24) is 0 Å². The Hall–Kier alpha value is -0.280. The van der Waals surface area contributed by atoms with E-state index >= 15 is 0 Å². The van der Waals surface area contributed by atoms with Gasteiger partial charge in [0.1, 0.15) is 0 Å². The molecule has 0 aromatic heterocycles. The number of carbonyl (C=O) groups excluding carboxylic acids is 1. The van der Waals surface area contributed by atoms with Crippen LogP contribution >= 0.6 is 12.4 Å². The van der Waals surface area contributed by atoms with Gasteiger partial charge in [0.2, 0.25) is 0 Å². The Labute approximate surface area is 91.8 Å². The normalized spacial score (nSPS) is 28.8. The zero-order valence-electron chi connectivity index (χ0n) is 8.86.